The summed E-state index contributed by atoms with van der Waals surface area (Å²) in [7, 11) is 0. The summed E-state index contributed by atoms with van der Waals surface area (Å²) >= 11 is 0. The first-order valence-corrected chi connectivity index (χ1v) is 9.55. The lowest BCUT2D eigenvalue weighted by Gasteiger charge is -2.20. The second-order valence-corrected chi connectivity index (χ2v) is 6.88. The van der Waals surface area contributed by atoms with E-state index in [-0.39, 0.29) is 0 Å². The monoisotopic (exact) mass is 356 g/mol. The predicted octanol–water partition coefficient (Wildman–Crippen LogP) is 4.58. The molecule has 0 bridgehead atoms. The molecule has 1 heterocycles. The molecule has 3 aromatic carbocycles. The lowest BCUT2D eigenvalue weighted by Crippen LogP contribution is -2.31. The molecule has 27 heavy (non-hydrogen) atoms. The van der Waals surface area contributed by atoms with Crippen LogP contribution in [0.1, 0.15) is 23.1 Å². The highest BCUT2D eigenvalue weighted by Gasteiger charge is 2.16. The maximum absolute atomic E-state index is 9.77. The summed E-state index contributed by atoms with van der Waals surface area (Å²) in [6.45, 7) is 1.85. The van der Waals surface area contributed by atoms with E-state index >= 15 is 0 Å². The second kappa shape index (κ2) is 8.09. The third-order valence-electron chi connectivity index (χ3n) is 4.99. The topological polar surface area (TPSA) is 44.6 Å². The summed E-state index contributed by atoms with van der Waals surface area (Å²) in [5.41, 5.74) is 6.11. The van der Waals surface area contributed by atoms with E-state index in [2.05, 4.69) is 53.8 Å². The van der Waals surface area contributed by atoms with Crippen LogP contribution < -0.4 is 5.32 Å². The number of aliphatic imine (C=N–C) groups is 1. The van der Waals surface area contributed by atoms with Crippen molar-refractivity contribution in [2.45, 2.75) is 19.3 Å². The van der Waals surface area contributed by atoms with Crippen molar-refractivity contribution >= 4 is 5.84 Å². The average molecular weight is 356 g/mol. The van der Waals surface area contributed by atoms with Crippen molar-refractivity contribution in [3.05, 3.63) is 89.5 Å². The van der Waals surface area contributed by atoms with Gasteiger partial charge in [-0.2, -0.15) is 0 Å². The van der Waals surface area contributed by atoms with Gasteiger partial charge >= 0.3 is 0 Å². The van der Waals surface area contributed by atoms with Gasteiger partial charge in [0.05, 0.1) is 0 Å². The number of nitrogens with zero attached hydrogens (tertiary/aromatic N) is 1. The third-order valence-corrected chi connectivity index (χ3v) is 4.99. The lowest BCUT2D eigenvalue weighted by atomic mass is 9.90. The molecule has 2 N–H and O–H groups in total. The van der Waals surface area contributed by atoms with Gasteiger partial charge in [-0.05, 0) is 53.6 Å². The van der Waals surface area contributed by atoms with E-state index in [0.717, 1.165) is 43.8 Å². The van der Waals surface area contributed by atoms with Gasteiger partial charge in [0.15, 0.2) is 0 Å². The van der Waals surface area contributed by atoms with E-state index in [1.807, 2.05) is 18.2 Å². The van der Waals surface area contributed by atoms with Gasteiger partial charge in [0, 0.05) is 18.7 Å². The Morgan fingerprint density at radius 2 is 1.67 bits per heavy atom. The van der Waals surface area contributed by atoms with Gasteiger partial charge in [0.2, 0.25) is 0 Å². The summed E-state index contributed by atoms with van der Waals surface area (Å²) in [5.74, 6) is 1.33. The smallest absolute Gasteiger partial charge is 0.128 e. The van der Waals surface area contributed by atoms with E-state index < -0.39 is 0 Å². The van der Waals surface area contributed by atoms with Crippen LogP contribution in [-0.2, 0) is 12.8 Å². The van der Waals surface area contributed by atoms with E-state index in [9.17, 15) is 5.11 Å². The average Bonchev–Trinajstić information content (AvgIpc) is 2.73. The highest BCUT2D eigenvalue weighted by atomic mass is 16.3. The largest absolute Gasteiger partial charge is 0.508 e. The van der Waals surface area contributed by atoms with Crippen LogP contribution in [0.3, 0.4) is 0 Å². The Kier molecular flexibility index (Phi) is 5.20. The fourth-order valence-corrected chi connectivity index (χ4v) is 3.66. The highest BCUT2D eigenvalue weighted by Crippen LogP contribution is 2.28. The number of hydrogen-bond acceptors (Lipinski definition) is 3. The van der Waals surface area contributed by atoms with Crippen molar-refractivity contribution in [2.24, 2.45) is 4.99 Å². The number of benzene rings is 3. The Balaban J connectivity index is 1.74. The van der Waals surface area contributed by atoms with Gasteiger partial charge in [0.1, 0.15) is 11.6 Å². The predicted molar refractivity (Wildman–Crippen MR) is 111 cm³/mol. The lowest BCUT2D eigenvalue weighted by molar-refractivity contribution is 0.474. The van der Waals surface area contributed by atoms with Crippen LogP contribution >= 0.6 is 0 Å². The van der Waals surface area contributed by atoms with Crippen molar-refractivity contribution in [1.29, 1.82) is 0 Å². The molecular weight excluding hydrogens is 332 g/mol. The zero-order valence-corrected chi connectivity index (χ0v) is 15.4. The first kappa shape index (κ1) is 17.3. The molecule has 0 saturated carbocycles. The number of amidine groups is 1. The molecule has 0 fully saturated rings. The van der Waals surface area contributed by atoms with E-state index in [4.69, 9.17) is 4.99 Å². The third kappa shape index (κ3) is 4.03. The fraction of sp³-hybridized carbons (Fsp3) is 0.208. The minimum Gasteiger partial charge on any atom is -0.508 e. The molecule has 3 aromatic rings. The van der Waals surface area contributed by atoms with Crippen molar-refractivity contribution in [2.75, 3.05) is 13.1 Å². The van der Waals surface area contributed by atoms with Gasteiger partial charge in [-0.25, -0.2) is 0 Å². The summed E-state index contributed by atoms with van der Waals surface area (Å²) < 4.78 is 0. The Labute approximate surface area is 160 Å². The van der Waals surface area contributed by atoms with Gasteiger partial charge in [-0.3, -0.25) is 4.99 Å². The molecule has 0 spiro atoms. The van der Waals surface area contributed by atoms with Crippen molar-refractivity contribution < 1.29 is 5.11 Å². The van der Waals surface area contributed by atoms with Gasteiger partial charge < -0.3 is 10.4 Å². The van der Waals surface area contributed by atoms with Crippen LogP contribution in [0.25, 0.3) is 11.1 Å². The molecule has 0 unspecified atom stereocenters. The molecule has 1 aliphatic heterocycles. The molecule has 0 radical (unpaired) electrons. The molecule has 3 heteroatoms. The second-order valence-electron chi connectivity index (χ2n) is 6.88. The van der Waals surface area contributed by atoms with Crippen LogP contribution in [0.5, 0.6) is 5.75 Å². The summed E-state index contributed by atoms with van der Waals surface area (Å²) in [6.07, 6.45) is 2.85. The summed E-state index contributed by atoms with van der Waals surface area (Å²) in [5, 5.41) is 13.2. The first-order valence-electron chi connectivity index (χ1n) is 9.55. The van der Waals surface area contributed by atoms with Gasteiger partial charge in [-0.1, -0.05) is 60.7 Å². The number of aromatic hydroxyl groups is 1. The zero-order valence-electron chi connectivity index (χ0n) is 15.4. The minimum atomic E-state index is 0.322. The minimum absolute atomic E-state index is 0.322. The molecule has 0 amide bonds. The Hall–Kier alpha value is -3.07. The standard InChI is InChI=1S/C24H24N2O/c27-20-10-4-7-18(17-20)13-14-22-21(19-8-2-1-3-9-19)11-5-12-23(22)24-25-15-6-16-26-24/h1-5,7-12,17,27H,6,13-16H2,(H,25,26). The normalized spacial score (nSPS) is 13.7. The number of nitrogens with one attached hydrogen (secondary N) is 1. The number of hydrogen-bond donors (Lipinski definition) is 2. The maximum Gasteiger partial charge on any atom is 0.128 e. The number of phenols is 1. The van der Waals surface area contributed by atoms with Crippen LogP contribution in [0.4, 0.5) is 0 Å². The SMILES string of the molecule is Oc1cccc(CCc2c(C3=NCCCN3)cccc2-c2ccccc2)c1. The highest BCUT2D eigenvalue weighted by molar-refractivity contribution is 6.02. The van der Waals surface area contributed by atoms with E-state index in [0.29, 0.717) is 5.75 Å². The molecule has 1 aliphatic rings. The molecule has 136 valence electrons. The summed E-state index contributed by atoms with van der Waals surface area (Å²) in [4.78, 5) is 4.73. The fourth-order valence-electron chi connectivity index (χ4n) is 3.66. The van der Waals surface area contributed by atoms with Crippen LogP contribution in [0, 0.1) is 0 Å². The van der Waals surface area contributed by atoms with Crippen LogP contribution in [-0.4, -0.2) is 24.0 Å². The van der Waals surface area contributed by atoms with Crippen molar-refractivity contribution in [1.82, 2.24) is 5.32 Å². The first-order chi connectivity index (χ1) is 13.3. The molecule has 0 atom stereocenters. The van der Waals surface area contributed by atoms with Gasteiger partial charge in [0.25, 0.3) is 0 Å². The number of aryl methyl sites for hydroxylation is 1. The van der Waals surface area contributed by atoms with E-state index in [1.54, 1.807) is 6.07 Å². The molecule has 3 nitrogen and oxygen atoms in total. The maximum atomic E-state index is 9.77. The molecule has 0 saturated heterocycles. The zero-order chi connectivity index (χ0) is 18.5. The van der Waals surface area contributed by atoms with Crippen molar-refractivity contribution in [3.63, 3.8) is 0 Å². The summed E-state index contributed by atoms with van der Waals surface area (Å²) in [6, 6.07) is 24.5. The van der Waals surface area contributed by atoms with Crippen LogP contribution in [0.2, 0.25) is 0 Å². The molecule has 4 rings (SSSR count). The molecule has 0 aromatic heterocycles. The number of phenolic OH excluding ortho intramolecular Hbond substituents is 1. The van der Waals surface area contributed by atoms with Gasteiger partial charge in [-0.15, -0.1) is 0 Å². The van der Waals surface area contributed by atoms with E-state index in [1.165, 1.54) is 22.3 Å². The molecular formula is C24H24N2O. The molecule has 0 aliphatic carbocycles. The Bertz CT molecular complexity index is 948. The van der Waals surface area contributed by atoms with Crippen LogP contribution in [0.15, 0.2) is 77.8 Å². The van der Waals surface area contributed by atoms with Crippen molar-refractivity contribution in [3.8, 4) is 16.9 Å². The Morgan fingerprint density at radius 3 is 2.44 bits per heavy atom. The quantitative estimate of drug-likeness (QED) is 0.702. The number of rotatable bonds is 5. The Morgan fingerprint density at radius 1 is 0.852 bits per heavy atom.